The molecule has 72 heavy (non-hydrogen) atoms. The lowest BCUT2D eigenvalue weighted by Gasteiger charge is -2.29. The average molecular weight is 918 g/mol. The zero-order valence-corrected chi connectivity index (χ0v) is 40.0. The molecule has 0 spiro atoms. The quantitative estimate of drug-likeness (QED) is 0.150. The van der Waals surface area contributed by atoms with E-state index in [1.54, 1.807) is 0 Å². The summed E-state index contributed by atoms with van der Waals surface area (Å²) in [6, 6.07) is 90.2. The lowest BCUT2D eigenvalue weighted by Crippen LogP contribution is -2.11. The van der Waals surface area contributed by atoms with Crippen LogP contribution in [0, 0.1) is 13.8 Å². The van der Waals surface area contributed by atoms with Crippen LogP contribution < -0.4 is 9.80 Å². The van der Waals surface area contributed by atoms with Crippen molar-refractivity contribution in [2.45, 2.75) is 19.8 Å². The SMILES string of the molecule is Cc1ccc(N(c2ccccc2)c2cccc3c2-c2cccc4c2C3c2c-4c(-c3ccccc3)c3c(c2-c2ccccc2)c2cccc4c5c(N(c6ccccc6)c6ccc(C)cc6)cccc5n3c42)cc1. The van der Waals surface area contributed by atoms with Gasteiger partial charge in [-0.1, -0.05) is 187 Å². The van der Waals surface area contributed by atoms with Gasteiger partial charge < -0.3 is 14.2 Å². The van der Waals surface area contributed by atoms with Crippen LogP contribution in [-0.2, 0) is 0 Å². The van der Waals surface area contributed by atoms with Crippen molar-refractivity contribution in [3.8, 4) is 44.5 Å². The number of benzene rings is 11. The van der Waals surface area contributed by atoms with Gasteiger partial charge in [0.25, 0.3) is 0 Å². The van der Waals surface area contributed by atoms with Crippen molar-refractivity contribution in [1.29, 1.82) is 0 Å². The molecule has 3 nitrogen and oxygen atoms in total. The second-order valence-corrected chi connectivity index (χ2v) is 19.7. The Morgan fingerprint density at radius 1 is 0.333 bits per heavy atom. The summed E-state index contributed by atoms with van der Waals surface area (Å²) in [5.74, 6) is 0.0104. The van der Waals surface area contributed by atoms with Crippen LogP contribution in [-0.4, -0.2) is 4.40 Å². The van der Waals surface area contributed by atoms with E-state index in [0.717, 1.165) is 28.4 Å². The van der Waals surface area contributed by atoms with E-state index in [9.17, 15) is 0 Å². The molecule has 3 heteroatoms. The number of para-hydroxylation sites is 3. The van der Waals surface area contributed by atoms with Crippen LogP contribution in [0.15, 0.2) is 243 Å². The van der Waals surface area contributed by atoms with Gasteiger partial charge in [-0.15, -0.1) is 0 Å². The molecule has 0 saturated heterocycles. The van der Waals surface area contributed by atoms with E-state index in [-0.39, 0.29) is 5.92 Å². The van der Waals surface area contributed by atoms with Gasteiger partial charge in [-0.05, 0) is 131 Å². The van der Waals surface area contributed by atoms with Gasteiger partial charge in [-0.25, -0.2) is 0 Å². The number of nitrogens with zero attached hydrogens (tertiary/aromatic N) is 3. The first-order chi connectivity index (χ1) is 35.6. The van der Waals surface area contributed by atoms with E-state index >= 15 is 0 Å². The highest BCUT2D eigenvalue weighted by Crippen LogP contribution is 2.66. The molecule has 338 valence electrons. The highest BCUT2D eigenvalue weighted by atomic mass is 15.2. The molecule has 0 N–H and O–H groups in total. The standard InChI is InChI=1S/C69H47N3/c1-43-35-39-49(40-36-43)70(47-23-11-5-12-24-47)56-32-17-29-52-61(56)51-27-15-28-53-62(51)65(52)67-59(45-19-7-3-8-20-45)66-55-31-16-30-54-63-57(71(48-25-13-6-14-26-48)50-41-37-44(2)38-42-50)33-18-34-58(63)72(68(54)55)69(66)60(64(53)67)46-21-9-4-10-22-46/h3-42,65H,1-2H3. The fourth-order valence-electron chi connectivity index (χ4n) is 12.8. The van der Waals surface area contributed by atoms with Gasteiger partial charge in [-0.2, -0.15) is 0 Å². The van der Waals surface area contributed by atoms with E-state index in [1.807, 2.05) is 0 Å². The minimum atomic E-state index is 0.0104. The van der Waals surface area contributed by atoms with Crippen LogP contribution in [0.1, 0.15) is 33.7 Å². The predicted octanol–water partition coefficient (Wildman–Crippen LogP) is 18.9. The normalized spacial score (nSPS) is 13.3. The molecule has 0 radical (unpaired) electrons. The first-order valence-corrected chi connectivity index (χ1v) is 25.1. The maximum absolute atomic E-state index is 2.64. The van der Waals surface area contributed by atoms with E-state index < -0.39 is 0 Å². The van der Waals surface area contributed by atoms with Gasteiger partial charge in [0.1, 0.15) is 0 Å². The summed E-state index contributed by atoms with van der Waals surface area (Å²) in [6.07, 6.45) is 0. The fraction of sp³-hybridized carbons (Fsp3) is 0.0435. The summed E-state index contributed by atoms with van der Waals surface area (Å²) in [4.78, 5) is 4.90. The summed E-state index contributed by atoms with van der Waals surface area (Å²) in [6.45, 7) is 4.32. The number of hydrogen-bond donors (Lipinski definition) is 0. The molecule has 2 aliphatic rings. The van der Waals surface area contributed by atoms with Crippen molar-refractivity contribution in [3.63, 3.8) is 0 Å². The van der Waals surface area contributed by atoms with Crippen molar-refractivity contribution < 1.29 is 0 Å². The third-order valence-electron chi connectivity index (χ3n) is 15.6. The Morgan fingerprint density at radius 3 is 1.42 bits per heavy atom. The number of rotatable bonds is 8. The number of hydrogen-bond acceptors (Lipinski definition) is 2. The Kier molecular flexibility index (Phi) is 8.85. The highest BCUT2D eigenvalue weighted by Gasteiger charge is 2.45. The Bertz CT molecular complexity index is 4250. The zero-order chi connectivity index (χ0) is 47.6. The van der Waals surface area contributed by atoms with Crippen molar-refractivity contribution in [1.82, 2.24) is 4.40 Å². The van der Waals surface area contributed by atoms with E-state index in [4.69, 9.17) is 0 Å². The molecule has 2 heterocycles. The molecule has 13 aromatic rings. The molecule has 0 amide bonds. The van der Waals surface area contributed by atoms with Crippen LogP contribution >= 0.6 is 0 Å². The van der Waals surface area contributed by atoms with Crippen molar-refractivity contribution in [3.05, 3.63) is 270 Å². The fourth-order valence-corrected chi connectivity index (χ4v) is 12.8. The van der Waals surface area contributed by atoms with Gasteiger partial charge in [-0.3, -0.25) is 0 Å². The van der Waals surface area contributed by atoms with E-state index in [1.165, 1.54) is 116 Å². The van der Waals surface area contributed by atoms with Gasteiger partial charge in [0.2, 0.25) is 0 Å². The van der Waals surface area contributed by atoms with Gasteiger partial charge >= 0.3 is 0 Å². The molecule has 0 fully saturated rings. The van der Waals surface area contributed by atoms with E-state index in [0.29, 0.717) is 0 Å². The summed E-state index contributed by atoms with van der Waals surface area (Å²) in [5, 5.41) is 5.05. The van der Waals surface area contributed by atoms with Crippen molar-refractivity contribution in [2.75, 3.05) is 9.80 Å². The molecule has 1 atom stereocenters. The largest absolute Gasteiger partial charge is 0.310 e. The lowest BCUT2D eigenvalue weighted by molar-refractivity contribution is 1.06. The topological polar surface area (TPSA) is 10.9 Å². The second kappa shape index (κ2) is 15.7. The smallest absolute Gasteiger partial charge is 0.0632 e. The molecular weight excluding hydrogens is 871 g/mol. The minimum absolute atomic E-state index is 0.0104. The molecule has 0 bridgehead atoms. The highest BCUT2D eigenvalue weighted by molar-refractivity contribution is 6.32. The third-order valence-corrected chi connectivity index (χ3v) is 15.6. The lowest BCUT2D eigenvalue weighted by atomic mass is 9.81. The number of anilines is 6. The maximum Gasteiger partial charge on any atom is 0.0632 e. The zero-order valence-electron chi connectivity index (χ0n) is 40.0. The first kappa shape index (κ1) is 40.7. The molecule has 11 aromatic carbocycles. The molecule has 2 aliphatic carbocycles. The molecule has 15 rings (SSSR count). The Hall–Kier alpha value is -9.18. The number of aryl methyl sites for hydroxylation is 2. The van der Waals surface area contributed by atoms with E-state index in [2.05, 4.69) is 271 Å². The summed E-state index contributed by atoms with van der Waals surface area (Å²) in [7, 11) is 0. The Labute approximate surface area is 419 Å². The molecule has 0 aliphatic heterocycles. The maximum atomic E-state index is 2.64. The minimum Gasteiger partial charge on any atom is -0.310 e. The van der Waals surface area contributed by atoms with Crippen LogP contribution in [0.4, 0.5) is 34.1 Å². The van der Waals surface area contributed by atoms with Crippen molar-refractivity contribution in [2.24, 2.45) is 0 Å². The number of aromatic nitrogens is 1. The third kappa shape index (κ3) is 5.73. The van der Waals surface area contributed by atoms with Crippen LogP contribution in [0.25, 0.3) is 82.6 Å². The summed E-state index contributed by atoms with van der Waals surface area (Å²) < 4.78 is 2.64. The Balaban J connectivity index is 1.08. The number of fused-ring (bicyclic) bond motifs is 12. The monoisotopic (exact) mass is 917 g/mol. The first-order valence-electron chi connectivity index (χ1n) is 25.1. The van der Waals surface area contributed by atoms with Gasteiger partial charge in [0.05, 0.1) is 27.9 Å². The molecule has 1 unspecified atom stereocenters. The van der Waals surface area contributed by atoms with Gasteiger partial charge in [0.15, 0.2) is 0 Å². The second-order valence-electron chi connectivity index (χ2n) is 19.7. The Morgan fingerprint density at radius 2 is 0.806 bits per heavy atom. The van der Waals surface area contributed by atoms with Gasteiger partial charge in [0, 0.05) is 61.3 Å². The summed E-state index contributed by atoms with van der Waals surface area (Å²) >= 11 is 0. The molecule has 0 saturated carbocycles. The van der Waals surface area contributed by atoms with Crippen LogP contribution in [0.2, 0.25) is 0 Å². The average Bonchev–Trinajstić information content (AvgIpc) is 4.19. The molecular formula is C69H47N3. The van der Waals surface area contributed by atoms with Crippen LogP contribution in [0.3, 0.4) is 0 Å². The molecule has 2 aromatic heterocycles. The van der Waals surface area contributed by atoms with Crippen molar-refractivity contribution >= 4 is 72.2 Å². The predicted molar refractivity (Wildman–Crippen MR) is 303 cm³/mol. The van der Waals surface area contributed by atoms with Crippen LogP contribution in [0.5, 0.6) is 0 Å². The summed E-state index contributed by atoms with van der Waals surface area (Å²) in [5.41, 5.74) is 27.5.